The van der Waals surface area contributed by atoms with Gasteiger partial charge in [0.15, 0.2) is 0 Å². The lowest BCUT2D eigenvalue weighted by molar-refractivity contribution is -0.187. The number of hydrogen-bond donors (Lipinski definition) is 0. The Morgan fingerprint density at radius 2 is 1.95 bits per heavy atom. The van der Waals surface area contributed by atoms with Gasteiger partial charge in [-0.3, -0.25) is 4.79 Å². The van der Waals surface area contributed by atoms with Crippen LogP contribution in [0.5, 0.6) is 0 Å². The zero-order valence-electron chi connectivity index (χ0n) is 10.9. The molecule has 0 bridgehead atoms. The summed E-state index contributed by atoms with van der Waals surface area (Å²) in [6.07, 6.45) is -0.750. The number of halogens is 3. The van der Waals surface area contributed by atoms with Crippen LogP contribution in [0, 0.1) is 5.92 Å². The molecule has 1 fully saturated rings. The largest absolute Gasteiger partial charge is 0.393 e. The Labute approximate surface area is 115 Å². The molecule has 108 valence electrons. The molecule has 1 amide bonds. The van der Waals surface area contributed by atoms with E-state index >= 15 is 0 Å². The van der Waals surface area contributed by atoms with Crippen molar-refractivity contribution in [1.82, 2.24) is 4.90 Å². The van der Waals surface area contributed by atoms with Gasteiger partial charge in [0.05, 0.1) is 5.92 Å². The van der Waals surface area contributed by atoms with Crippen LogP contribution in [0.4, 0.5) is 13.2 Å². The second kappa shape index (κ2) is 6.11. The summed E-state index contributed by atoms with van der Waals surface area (Å²) >= 11 is 0. The summed E-state index contributed by atoms with van der Waals surface area (Å²) in [4.78, 5) is 13.2. The van der Waals surface area contributed by atoms with Gasteiger partial charge in [-0.2, -0.15) is 13.2 Å². The summed E-state index contributed by atoms with van der Waals surface area (Å²) in [5.41, 5.74) is 0.852. The van der Waals surface area contributed by atoms with Crippen LogP contribution in [-0.2, 0) is 4.79 Å². The van der Waals surface area contributed by atoms with E-state index in [4.69, 9.17) is 0 Å². The number of alkyl halides is 3. The molecule has 0 aromatic heterocycles. The van der Waals surface area contributed by atoms with Crippen molar-refractivity contribution in [3.8, 4) is 0 Å². The van der Waals surface area contributed by atoms with Crippen molar-refractivity contribution in [3.63, 3.8) is 0 Å². The highest BCUT2D eigenvalue weighted by atomic mass is 19.4. The van der Waals surface area contributed by atoms with Crippen LogP contribution in [0.1, 0.15) is 18.4 Å². The second-order valence-electron chi connectivity index (χ2n) is 4.91. The molecule has 1 aliphatic rings. The lowest BCUT2D eigenvalue weighted by Gasteiger charge is -2.33. The zero-order valence-corrected chi connectivity index (χ0v) is 10.9. The molecular formula is C15H16F3NO. The molecule has 0 radical (unpaired) electrons. The number of carbonyl (C=O) groups excluding carboxylic acids is 1. The molecule has 0 spiro atoms. The number of amides is 1. The van der Waals surface area contributed by atoms with E-state index in [0.29, 0.717) is 13.0 Å². The molecule has 1 aromatic carbocycles. The number of carbonyl (C=O) groups is 1. The van der Waals surface area contributed by atoms with E-state index in [1.165, 1.54) is 11.0 Å². The van der Waals surface area contributed by atoms with E-state index in [1.54, 1.807) is 6.08 Å². The van der Waals surface area contributed by atoms with Gasteiger partial charge in [0.2, 0.25) is 5.91 Å². The molecule has 20 heavy (non-hydrogen) atoms. The normalized spacial score (nSPS) is 20.4. The zero-order chi connectivity index (χ0) is 14.6. The molecule has 1 aliphatic heterocycles. The highest BCUT2D eigenvalue weighted by Gasteiger charge is 2.42. The minimum Gasteiger partial charge on any atom is -0.339 e. The van der Waals surface area contributed by atoms with Crippen LogP contribution >= 0.6 is 0 Å². The molecule has 0 N–H and O–H groups in total. The van der Waals surface area contributed by atoms with Crippen LogP contribution in [0.2, 0.25) is 0 Å². The summed E-state index contributed by atoms with van der Waals surface area (Å²) in [5, 5.41) is 0. The number of likely N-dealkylation sites (tertiary alicyclic amines) is 1. The van der Waals surface area contributed by atoms with Gasteiger partial charge in [0.25, 0.3) is 0 Å². The summed E-state index contributed by atoms with van der Waals surface area (Å²) in [6.45, 7) is 0.159. The molecule has 2 rings (SSSR count). The third-order valence-corrected chi connectivity index (χ3v) is 3.41. The van der Waals surface area contributed by atoms with E-state index in [0.717, 1.165) is 5.56 Å². The number of hydrogen-bond acceptors (Lipinski definition) is 1. The third kappa shape index (κ3) is 3.85. The van der Waals surface area contributed by atoms with Crippen molar-refractivity contribution in [1.29, 1.82) is 0 Å². The third-order valence-electron chi connectivity index (χ3n) is 3.41. The minimum absolute atomic E-state index is 0.107. The van der Waals surface area contributed by atoms with Crippen LogP contribution in [0.3, 0.4) is 0 Å². The maximum atomic E-state index is 12.7. The van der Waals surface area contributed by atoms with Gasteiger partial charge in [-0.25, -0.2) is 0 Å². The summed E-state index contributed by atoms with van der Waals surface area (Å²) in [6, 6.07) is 9.20. The average molecular weight is 283 g/mol. The molecule has 1 saturated heterocycles. The maximum absolute atomic E-state index is 12.7. The summed E-state index contributed by atoms with van der Waals surface area (Å²) in [5.74, 6) is -1.76. The van der Waals surface area contributed by atoms with Crippen LogP contribution < -0.4 is 0 Å². The summed E-state index contributed by atoms with van der Waals surface area (Å²) in [7, 11) is 0. The lowest BCUT2D eigenvalue weighted by Crippen LogP contribution is -2.44. The van der Waals surface area contributed by atoms with E-state index < -0.39 is 12.1 Å². The number of nitrogens with zero attached hydrogens (tertiary/aromatic N) is 1. The molecule has 2 nitrogen and oxygen atoms in total. The van der Waals surface area contributed by atoms with Gasteiger partial charge in [0.1, 0.15) is 0 Å². The van der Waals surface area contributed by atoms with E-state index in [-0.39, 0.29) is 18.9 Å². The van der Waals surface area contributed by atoms with Crippen molar-refractivity contribution < 1.29 is 18.0 Å². The van der Waals surface area contributed by atoms with Crippen LogP contribution in [-0.4, -0.2) is 30.1 Å². The minimum atomic E-state index is -4.22. The first-order valence-electron chi connectivity index (χ1n) is 6.55. The van der Waals surface area contributed by atoms with Crippen molar-refractivity contribution in [2.24, 2.45) is 5.92 Å². The average Bonchev–Trinajstić information content (AvgIpc) is 2.45. The smallest absolute Gasteiger partial charge is 0.339 e. The monoisotopic (exact) mass is 283 g/mol. The topological polar surface area (TPSA) is 20.3 Å². The van der Waals surface area contributed by atoms with Crippen LogP contribution in [0.25, 0.3) is 6.08 Å². The highest BCUT2D eigenvalue weighted by Crippen LogP contribution is 2.33. The highest BCUT2D eigenvalue weighted by molar-refractivity contribution is 5.91. The Morgan fingerprint density at radius 1 is 1.25 bits per heavy atom. The van der Waals surface area contributed by atoms with E-state index in [1.807, 2.05) is 30.3 Å². The van der Waals surface area contributed by atoms with Crippen molar-refractivity contribution in [2.45, 2.75) is 19.0 Å². The Hall–Kier alpha value is -1.78. The fourth-order valence-corrected chi connectivity index (χ4v) is 2.28. The molecular weight excluding hydrogens is 267 g/mol. The first-order chi connectivity index (χ1) is 9.47. The maximum Gasteiger partial charge on any atom is 0.393 e. The lowest BCUT2D eigenvalue weighted by atomic mass is 9.97. The number of piperidine rings is 1. The summed E-state index contributed by atoms with van der Waals surface area (Å²) < 4.78 is 38.0. The Morgan fingerprint density at radius 3 is 2.60 bits per heavy atom. The van der Waals surface area contributed by atoms with Gasteiger partial charge in [-0.1, -0.05) is 30.3 Å². The fourth-order valence-electron chi connectivity index (χ4n) is 2.28. The Kier molecular flexibility index (Phi) is 4.47. The SMILES string of the molecule is O=C(/C=C\c1ccccc1)N1CCCC(C(F)(F)F)C1. The van der Waals surface area contributed by atoms with Crippen molar-refractivity contribution >= 4 is 12.0 Å². The first kappa shape index (κ1) is 14.6. The molecule has 5 heteroatoms. The Balaban J connectivity index is 1.97. The predicted molar refractivity (Wildman–Crippen MR) is 70.8 cm³/mol. The molecule has 1 atom stereocenters. The molecule has 0 aliphatic carbocycles. The van der Waals surface area contributed by atoms with Gasteiger partial charge >= 0.3 is 6.18 Å². The van der Waals surface area contributed by atoms with Crippen molar-refractivity contribution in [2.75, 3.05) is 13.1 Å². The first-order valence-corrected chi connectivity index (χ1v) is 6.55. The Bertz CT molecular complexity index is 482. The molecule has 1 unspecified atom stereocenters. The van der Waals surface area contributed by atoms with Gasteiger partial charge in [0, 0.05) is 19.2 Å². The predicted octanol–water partition coefficient (Wildman–Crippen LogP) is 3.50. The quantitative estimate of drug-likeness (QED) is 0.761. The standard InChI is InChI=1S/C15H16F3NO/c16-15(17,18)13-7-4-10-19(11-13)14(20)9-8-12-5-2-1-3-6-12/h1-3,5-6,8-9,13H,4,7,10-11H2/b9-8-. The van der Waals surface area contributed by atoms with E-state index in [2.05, 4.69) is 0 Å². The second-order valence-corrected chi connectivity index (χ2v) is 4.91. The fraction of sp³-hybridized carbons (Fsp3) is 0.400. The van der Waals surface area contributed by atoms with E-state index in [9.17, 15) is 18.0 Å². The van der Waals surface area contributed by atoms with Gasteiger partial charge in [-0.15, -0.1) is 0 Å². The van der Waals surface area contributed by atoms with Crippen molar-refractivity contribution in [3.05, 3.63) is 42.0 Å². The number of rotatable bonds is 2. The van der Waals surface area contributed by atoms with Gasteiger partial charge in [-0.05, 0) is 24.5 Å². The van der Waals surface area contributed by atoms with Gasteiger partial charge < -0.3 is 4.90 Å². The number of benzene rings is 1. The van der Waals surface area contributed by atoms with Crippen LogP contribution in [0.15, 0.2) is 36.4 Å². The molecule has 1 aromatic rings. The molecule has 0 saturated carbocycles. The molecule has 1 heterocycles.